The third-order valence-electron chi connectivity index (χ3n) is 4.09. The lowest BCUT2D eigenvalue weighted by atomic mass is 9.55. The number of hydrogen-bond acceptors (Lipinski definition) is 3. The lowest BCUT2D eigenvalue weighted by Crippen LogP contribution is -2.54. The highest BCUT2D eigenvalue weighted by molar-refractivity contribution is 5.88. The largest absolute Gasteiger partial charge is 0.481 e. The number of carbonyl (C=O) groups is 2. The number of aliphatic carboxylic acids is 1. The van der Waals surface area contributed by atoms with Crippen molar-refractivity contribution in [3.05, 3.63) is 12.2 Å². The highest BCUT2D eigenvalue weighted by Crippen LogP contribution is 2.51. The van der Waals surface area contributed by atoms with E-state index in [4.69, 9.17) is 4.74 Å². The molecule has 0 aliphatic heterocycles. The molecule has 4 nitrogen and oxygen atoms in total. The highest BCUT2D eigenvalue weighted by Gasteiger charge is 2.59. The first-order chi connectivity index (χ1) is 7.30. The minimum absolute atomic E-state index is 0.158. The molecule has 90 valence electrons. The van der Waals surface area contributed by atoms with Crippen LogP contribution in [0.4, 0.5) is 0 Å². The number of hydrogen-bond donors (Lipinski definition) is 1. The van der Waals surface area contributed by atoms with E-state index in [1.807, 2.05) is 19.1 Å². The number of ether oxygens (including phenoxy) is 1. The number of allylic oxidation sites excluding steroid dienone is 2. The Bertz CT molecular complexity index is 347. The summed E-state index contributed by atoms with van der Waals surface area (Å²) in [5.74, 6) is -1.58. The zero-order chi connectivity index (χ0) is 12.6. The molecule has 3 atom stereocenters. The van der Waals surface area contributed by atoms with Crippen molar-refractivity contribution in [1.82, 2.24) is 0 Å². The van der Waals surface area contributed by atoms with Crippen LogP contribution in [0.3, 0.4) is 0 Å². The minimum Gasteiger partial charge on any atom is -0.481 e. The maximum absolute atomic E-state index is 11.9. The summed E-state index contributed by atoms with van der Waals surface area (Å²) in [5, 5.41) is 9.35. The number of methoxy groups -OCH3 is 1. The van der Waals surface area contributed by atoms with Crippen molar-refractivity contribution in [2.75, 3.05) is 7.11 Å². The van der Waals surface area contributed by atoms with Gasteiger partial charge in [0.25, 0.3) is 0 Å². The fourth-order valence-corrected chi connectivity index (χ4v) is 2.35. The van der Waals surface area contributed by atoms with Gasteiger partial charge in [-0.1, -0.05) is 19.1 Å². The zero-order valence-electron chi connectivity index (χ0n) is 10.1. The second kappa shape index (κ2) is 3.92. The zero-order valence-corrected chi connectivity index (χ0v) is 10.1. The van der Waals surface area contributed by atoms with Gasteiger partial charge in [-0.05, 0) is 26.2 Å². The Hall–Kier alpha value is -1.32. The third-order valence-corrected chi connectivity index (χ3v) is 4.09. The Balaban J connectivity index is 3.33. The summed E-state index contributed by atoms with van der Waals surface area (Å²) < 4.78 is 4.77. The van der Waals surface area contributed by atoms with E-state index in [9.17, 15) is 14.7 Å². The fraction of sp³-hybridized carbons (Fsp3) is 0.667. The van der Waals surface area contributed by atoms with Crippen molar-refractivity contribution in [2.45, 2.75) is 27.2 Å². The molecule has 1 aliphatic carbocycles. The van der Waals surface area contributed by atoms with Crippen LogP contribution in [-0.4, -0.2) is 24.2 Å². The number of rotatable bonds is 2. The maximum atomic E-state index is 11.9. The normalized spacial score (nSPS) is 38.1. The van der Waals surface area contributed by atoms with Crippen molar-refractivity contribution in [2.24, 2.45) is 16.7 Å². The summed E-state index contributed by atoms with van der Waals surface area (Å²) >= 11 is 0. The molecular formula is C12H18O4. The van der Waals surface area contributed by atoms with Crippen LogP contribution in [0.15, 0.2) is 12.2 Å². The molecule has 0 saturated carbocycles. The first-order valence-corrected chi connectivity index (χ1v) is 5.29. The average molecular weight is 226 g/mol. The van der Waals surface area contributed by atoms with E-state index in [0.717, 1.165) is 0 Å². The molecule has 1 rings (SSSR count). The smallest absolute Gasteiger partial charge is 0.313 e. The van der Waals surface area contributed by atoms with Crippen LogP contribution in [0.25, 0.3) is 0 Å². The van der Waals surface area contributed by atoms with Crippen LogP contribution in [0, 0.1) is 16.7 Å². The Kier molecular flexibility index (Phi) is 3.13. The van der Waals surface area contributed by atoms with E-state index in [-0.39, 0.29) is 5.92 Å². The molecule has 0 saturated heterocycles. The Morgan fingerprint density at radius 2 is 2.00 bits per heavy atom. The summed E-state index contributed by atoms with van der Waals surface area (Å²) in [4.78, 5) is 23.3. The molecule has 0 aromatic heterocycles. The molecule has 0 heterocycles. The quantitative estimate of drug-likeness (QED) is 0.576. The molecule has 16 heavy (non-hydrogen) atoms. The monoisotopic (exact) mass is 226 g/mol. The Morgan fingerprint density at radius 1 is 1.44 bits per heavy atom. The van der Waals surface area contributed by atoms with Crippen LogP contribution >= 0.6 is 0 Å². The van der Waals surface area contributed by atoms with Gasteiger partial charge >= 0.3 is 11.9 Å². The van der Waals surface area contributed by atoms with Crippen LogP contribution < -0.4 is 0 Å². The lowest BCUT2D eigenvalue weighted by molar-refractivity contribution is -0.177. The molecule has 0 fully saturated rings. The van der Waals surface area contributed by atoms with Gasteiger partial charge in [0.15, 0.2) is 0 Å². The van der Waals surface area contributed by atoms with Crippen molar-refractivity contribution < 1.29 is 19.4 Å². The van der Waals surface area contributed by atoms with Gasteiger partial charge < -0.3 is 9.84 Å². The van der Waals surface area contributed by atoms with E-state index in [0.29, 0.717) is 6.42 Å². The first-order valence-electron chi connectivity index (χ1n) is 5.29. The summed E-state index contributed by atoms with van der Waals surface area (Å²) in [6, 6.07) is 0. The molecule has 1 aliphatic rings. The molecule has 0 aromatic carbocycles. The number of carbonyl (C=O) groups excluding carboxylic acids is 1. The predicted octanol–water partition coefficient (Wildman–Crippen LogP) is 1.85. The molecular weight excluding hydrogens is 208 g/mol. The van der Waals surface area contributed by atoms with Crippen molar-refractivity contribution in [3.8, 4) is 0 Å². The number of carboxylic acid groups (broad SMARTS) is 1. The average Bonchev–Trinajstić information content (AvgIpc) is 2.24. The van der Waals surface area contributed by atoms with Crippen molar-refractivity contribution >= 4 is 11.9 Å². The van der Waals surface area contributed by atoms with Crippen molar-refractivity contribution in [3.63, 3.8) is 0 Å². The summed E-state index contributed by atoms with van der Waals surface area (Å²) in [6.45, 7) is 5.11. The Labute approximate surface area is 95.3 Å². The first kappa shape index (κ1) is 12.7. The second-order valence-electron chi connectivity index (χ2n) is 4.75. The van der Waals surface area contributed by atoms with E-state index < -0.39 is 22.8 Å². The topological polar surface area (TPSA) is 63.6 Å². The van der Waals surface area contributed by atoms with Crippen LogP contribution in [0.5, 0.6) is 0 Å². The number of carboxylic acids is 1. The highest BCUT2D eigenvalue weighted by atomic mass is 16.5. The summed E-state index contributed by atoms with van der Waals surface area (Å²) in [5.41, 5.74) is -2.14. The molecule has 0 spiro atoms. The van der Waals surface area contributed by atoms with Gasteiger partial charge in [0.1, 0.15) is 0 Å². The molecule has 4 heteroatoms. The van der Waals surface area contributed by atoms with E-state index in [1.54, 1.807) is 13.8 Å². The lowest BCUT2D eigenvalue weighted by Gasteiger charge is -2.46. The van der Waals surface area contributed by atoms with Crippen molar-refractivity contribution in [1.29, 1.82) is 0 Å². The standard InChI is InChI=1S/C12H18O4/c1-8-6-5-7-11(2,9(13)14)12(8,3)10(15)16-4/h5-6,8H,7H2,1-4H3,(H,13,14). The maximum Gasteiger partial charge on any atom is 0.313 e. The second-order valence-corrected chi connectivity index (χ2v) is 4.75. The van der Waals surface area contributed by atoms with Crippen LogP contribution in [-0.2, 0) is 14.3 Å². The van der Waals surface area contributed by atoms with E-state index >= 15 is 0 Å². The SMILES string of the molecule is COC(=O)C1(C)C(C)C=CCC1(C)C(=O)O. The van der Waals surface area contributed by atoms with Gasteiger partial charge in [-0.15, -0.1) is 0 Å². The number of esters is 1. The minimum atomic E-state index is -1.12. The van der Waals surface area contributed by atoms with Crippen LogP contribution in [0.1, 0.15) is 27.2 Å². The fourth-order valence-electron chi connectivity index (χ4n) is 2.35. The molecule has 0 radical (unpaired) electrons. The molecule has 0 aromatic rings. The Morgan fingerprint density at radius 3 is 2.44 bits per heavy atom. The predicted molar refractivity (Wildman–Crippen MR) is 58.8 cm³/mol. The van der Waals surface area contributed by atoms with Crippen LogP contribution in [0.2, 0.25) is 0 Å². The summed E-state index contributed by atoms with van der Waals surface area (Å²) in [7, 11) is 1.29. The van der Waals surface area contributed by atoms with E-state index in [1.165, 1.54) is 7.11 Å². The van der Waals surface area contributed by atoms with Gasteiger partial charge in [0, 0.05) is 0 Å². The molecule has 3 unspecified atom stereocenters. The third kappa shape index (κ3) is 1.44. The molecule has 0 bridgehead atoms. The summed E-state index contributed by atoms with van der Waals surface area (Å²) in [6.07, 6.45) is 4.04. The van der Waals surface area contributed by atoms with Gasteiger partial charge in [-0.25, -0.2) is 0 Å². The van der Waals surface area contributed by atoms with Gasteiger partial charge in [-0.3, -0.25) is 9.59 Å². The van der Waals surface area contributed by atoms with Gasteiger partial charge in [0.2, 0.25) is 0 Å². The molecule has 0 amide bonds. The van der Waals surface area contributed by atoms with E-state index in [2.05, 4.69) is 0 Å². The van der Waals surface area contributed by atoms with Gasteiger partial charge in [-0.2, -0.15) is 0 Å². The van der Waals surface area contributed by atoms with Gasteiger partial charge in [0.05, 0.1) is 17.9 Å². The molecule has 1 N–H and O–H groups in total.